The van der Waals surface area contributed by atoms with Gasteiger partial charge >= 0.3 is 0 Å². The van der Waals surface area contributed by atoms with Crippen molar-refractivity contribution in [1.82, 2.24) is 4.98 Å². The molecule has 2 heterocycles. The topological polar surface area (TPSA) is 123 Å². The van der Waals surface area contributed by atoms with Gasteiger partial charge in [0.05, 0.1) is 11.2 Å². The zero-order chi connectivity index (χ0) is 18.9. The Balaban J connectivity index is 1.75. The van der Waals surface area contributed by atoms with Gasteiger partial charge < -0.3 is 4.90 Å². The van der Waals surface area contributed by atoms with Crippen molar-refractivity contribution < 1.29 is 25.8 Å². The quantitative estimate of drug-likeness (QED) is 0.696. The molecule has 1 amide bonds. The molecule has 1 aromatic heterocycles. The predicted molar refractivity (Wildman–Crippen MR) is 96.1 cm³/mol. The average Bonchev–Trinajstić information content (AvgIpc) is 3.17. The number of benzene rings is 1. The predicted octanol–water partition coefficient (Wildman–Crippen LogP) is 1.03. The summed E-state index contributed by atoms with van der Waals surface area (Å²) in [5.74, 6) is -0.480. The Morgan fingerprint density at radius 3 is 2.50 bits per heavy atom. The number of anilines is 2. The maximum Gasteiger partial charge on any atom is 0.265 e. The number of hydrogen-bond acceptors (Lipinski definition) is 8. The first-order valence-corrected chi connectivity index (χ1v) is 11.6. The van der Waals surface area contributed by atoms with Gasteiger partial charge in [0.1, 0.15) is 0 Å². The van der Waals surface area contributed by atoms with Gasteiger partial charge in [-0.15, -0.1) is 11.3 Å². The third-order valence-corrected chi connectivity index (χ3v) is 6.31. The smallest absolute Gasteiger partial charge is 0.265 e. The summed E-state index contributed by atoms with van der Waals surface area (Å²) < 4.78 is 54.1. The average molecular weight is 417 g/mol. The molecule has 2 aromatic rings. The van der Waals surface area contributed by atoms with Gasteiger partial charge in [-0.2, -0.15) is 8.42 Å². The van der Waals surface area contributed by atoms with Crippen LogP contribution in [-0.4, -0.2) is 46.6 Å². The summed E-state index contributed by atoms with van der Waals surface area (Å²) in [4.78, 5) is 17.5. The van der Waals surface area contributed by atoms with Gasteiger partial charge in [-0.05, 0) is 24.3 Å². The van der Waals surface area contributed by atoms with Crippen molar-refractivity contribution in [2.45, 2.75) is 17.4 Å². The minimum Gasteiger partial charge on any atom is -0.310 e. The molecule has 1 N–H and O–H groups in total. The fourth-order valence-corrected chi connectivity index (χ4v) is 4.85. The molecular weight excluding hydrogens is 402 g/mol. The first-order chi connectivity index (χ1) is 12.2. The van der Waals surface area contributed by atoms with Gasteiger partial charge in [0.15, 0.2) is 11.2 Å². The number of nitrogens with one attached hydrogen (secondary N) is 1. The van der Waals surface area contributed by atoms with Gasteiger partial charge in [-0.25, -0.2) is 13.4 Å². The number of rotatable bonds is 6. The third-order valence-electron chi connectivity index (χ3n) is 3.56. The zero-order valence-electron chi connectivity index (χ0n) is 13.5. The largest absolute Gasteiger partial charge is 0.310 e. The number of sulfonamides is 1. The van der Waals surface area contributed by atoms with Crippen LogP contribution < -0.4 is 9.62 Å². The maximum absolute atomic E-state index is 12.3. The van der Waals surface area contributed by atoms with Crippen molar-refractivity contribution in [2.75, 3.05) is 22.4 Å². The Bertz CT molecular complexity index is 1000. The van der Waals surface area contributed by atoms with Crippen LogP contribution in [0.15, 0.2) is 40.7 Å². The number of nitrogens with zero attached hydrogens (tertiary/aromatic N) is 2. The van der Waals surface area contributed by atoms with Crippen LogP contribution in [0.1, 0.15) is 6.42 Å². The summed E-state index contributed by atoms with van der Waals surface area (Å²) >= 11 is 1.16. The van der Waals surface area contributed by atoms with Crippen LogP contribution in [0.5, 0.6) is 0 Å². The first kappa shape index (κ1) is 18.8. The molecular formula is C14H15N3O6S3. The van der Waals surface area contributed by atoms with Crippen LogP contribution in [0.2, 0.25) is 0 Å². The van der Waals surface area contributed by atoms with Crippen LogP contribution >= 0.6 is 11.3 Å². The SMILES string of the molecule is CS(=O)(=O)OC1CCN(c2ccc(S(=O)(=O)Nc3nccs3)cc2)C1=O. The van der Waals surface area contributed by atoms with Crippen molar-refractivity contribution in [3.05, 3.63) is 35.8 Å². The van der Waals surface area contributed by atoms with Gasteiger partial charge in [-0.3, -0.25) is 13.7 Å². The van der Waals surface area contributed by atoms with Crippen molar-refractivity contribution in [3.8, 4) is 0 Å². The summed E-state index contributed by atoms with van der Waals surface area (Å²) in [6, 6.07) is 5.70. The second-order valence-electron chi connectivity index (χ2n) is 5.50. The number of aromatic nitrogens is 1. The van der Waals surface area contributed by atoms with E-state index in [1.165, 1.54) is 35.4 Å². The van der Waals surface area contributed by atoms with Gasteiger partial charge in [0, 0.05) is 30.2 Å². The van der Waals surface area contributed by atoms with E-state index in [9.17, 15) is 21.6 Å². The first-order valence-electron chi connectivity index (χ1n) is 7.38. The van der Waals surface area contributed by atoms with E-state index >= 15 is 0 Å². The molecule has 1 aliphatic rings. The molecule has 0 saturated carbocycles. The molecule has 1 fully saturated rings. The monoisotopic (exact) mass is 417 g/mol. The molecule has 140 valence electrons. The van der Waals surface area contributed by atoms with E-state index in [0.717, 1.165) is 17.6 Å². The molecule has 1 saturated heterocycles. The highest BCUT2D eigenvalue weighted by atomic mass is 32.2. The van der Waals surface area contributed by atoms with E-state index in [2.05, 4.69) is 9.71 Å². The lowest BCUT2D eigenvalue weighted by Gasteiger charge is -2.17. The molecule has 0 aliphatic carbocycles. The van der Waals surface area contributed by atoms with E-state index in [-0.39, 0.29) is 23.0 Å². The maximum atomic E-state index is 12.3. The van der Waals surface area contributed by atoms with Crippen LogP contribution in [0.4, 0.5) is 10.8 Å². The Hall–Kier alpha value is -2.02. The lowest BCUT2D eigenvalue weighted by Crippen LogP contribution is -2.31. The molecule has 1 atom stereocenters. The summed E-state index contributed by atoms with van der Waals surface area (Å²) in [5, 5.41) is 1.90. The Kier molecular flexibility index (Phi) is 5.01. The summed E-state index contributed by atoms with van der Waals surface area (Å²) in [6.45, 7) is 0.280. The molecule has 12 heteroatoms. The lowest BCUT2D eigenvalue weighted by atomic mass is 10.3. The highest BCUT2D eigenvalue weighted by Crippen LogP contribution is 2.26. The molecule has 1 unspecified atom stereocenters. The number of thiazole rings is 1. The summed E-state index contributed by atoms with van der Waals surface area (Å²) in [5.41, 5.74) is 0.461. The van der Waals surface area contributed by atoms with E-state index in [4.69, 9.17) is 4.18 Å². The van der Waals surface area contributed by atoms with Crippen molar-refractivity contribution in [2.24, 2.45) is 0 Å². The number of hydrogen-bond donors (Lipinski definition) is 1. The molecule has 3 rings (SSSR count). The molecule has 1 aliphatic heterocycles. The molecule has 1 aromatic carbocycles. The van der Waals surface area contributed by atoms with E-state index < -0.39 is 32.2 Å². The number of carbonyl (C=O) groups excluding carboxylic acids is 1. The molecule has 0 radical (unpaired) electrons. The molecule has 0 spiro atoms. The minimum absolute atomic E-state index is 0.0204. The Morgan fingerprint density at radius 2 is 1.92 bits per heavy atom. The molecule has 9 nitrogen and oxygen atoms in total. The Morgan fingerprint density at radius 1 is 1.23 bits per heavy atom. The molecule has 26 heavy (non-hydrogen) atoms. The van der Waals surface area contributed by atoms with Crippen molar-refractivity contribution in [3.63, 3.8) is 0 Å². The van der Waals surface area contributed by atoms with Gasteiger partial charge in [0.2, 0.25) is 0 Å². The Labute approximate surface area is 154 Å². The second kappa shape index (κ2) is 6.95. The third kappa shape index (κ3) is 4.20. The van der Waals surface area contributed by atoms with E-state index in [1.807, 2.05) is 0 Å². The summed E-state index contributed by atoms with van der Waals surface area (Å²) in [7, 11) is -7.52. The van der Waals surface area contributed by atoms with Gasteiger partial charge in [-0.1, -0.05) is 0 Å². The second-order valence-corrected chi connectivity index (χ2v) is 9.68. The fourth-order valence-electron chi connectivity index (χ4n) is 2.46. The van der Waals surface area contributed by atoms with Crippen molar-refractivity contribution in [1.29, 1.82) is 0 Å². The minimum atomic E-state index is -3.78. The molecule has 0 bridgehead atoms. The van der Waals surface area contributed by atoms with Crippen LogP contribution in [-0.2, 0) is 29.1 Å². The lowest BCUT2D eigenvalue weighted by molar-refractivity contribution is -0.122. The van der Waals surface area contributed by atoms with Crippen LogP contribution in [0.3, 0.4) is 0 Å². The number of amides is 1. The highest BCUT2D eigenvalue weighted by Gasteiger charge is 2.35. The van der Waals surface area contributed by atoms with E-state index in [0.29, 0.717) is 5.69 Å². The van der Waals surface area contributed by atoms with Crippen molar-refractivity contribution >= 4 is 48.2 Å². The number of carbonyl (C=O) groups is 1. The van der Waals surface area contributed by atoms with Crippen LogP contribution in [0.25, 0.3) is 0 Å². The normalized spacial score (nSPS) is 18.3. The zero-order valence-corrected chi connectivity index (χ0v) is 16.0. The van der Waals surface area contributed by atoms with Gasteiger partial charge in [0.25, 0.3) is 26.0 Å². The highest BCUT2D eigenvalue weighted by molar-refractivity contribution is 7.93. The van der Waals surface area contributed by atoms with Crippen LogP contribution in [0, 0.1) is 0 Å². The fraction of sp³-hybridized carbons (Fsp3) is 0.286. The van der Waals surface area contributed by atoms with E-state index in [1.54, 1.807) is 5.38 Å². The standard InChI is InChI=1S/C14H15N3O6S3/c1-25(19,20)23-12-6-8-17(13(12)18)10-2-4-11(5-3-10)26(21,22)16-14-15-7-9-24-14/h2-5,7,9,12H,6,8H2,1H3,(H,15,16). The summed E-state index contributed by atoms with van der Waals surface area (Å²) in [6.07, 6.45) is 1.55.